The van der Waals surface area contributed by atoms with E-state index in [4.69, 9.17) is 4.74 Å². The van der Waals surface area contributed by atoms with Crippen molar-refractivity contribution in [2.75, 3.05) is 6.61 Å². The summed E-state index contributed by atoms with van der Waals surface area (Å²) in [5.74, 6) is 3.18. The normalized spacial score (nSPS) is 32.6. The predicted octanol–water partition coefficient (Wildman–Crippen LogP) is 4.18. The number of fused-ring (bicyclic) bond motifs is 2. The molecule has 0 aliphatic heterocycles. The lowest BCUT2D eigenvalue weighted by Crippen LogP contribution is -2.60. The number of amides is 1. The number of hydrogen-bond acceptors (Lipinski definition) is 3. The van der Waals surface area contributed by atoms with E-state index in [2.05, 4.69) is 31.2 Å². The number of nitrogens with one attached hydrogen (secondary N) is 1. The minimum atomic E-state index is -0.0299. The zero-order chi connectivity index (χ0) is 19.2. The summed E-state index contributed by atoms with van der Waals surface area (Å²) < 4.78 is 7.78. The Balaban J connectivity index is 1.39. The Hall–Kier alpha value is -1.52. The van der Waals surface area contributed by atoms with E-state index >= 15 is 0 Å². The van der Waals surface area contributed by atoms with Gasteiger partial charge in [0.1, 0.15) is 5.56 Å². The molecule has 0 spiro atoms. The molecule has 1 heterocycles. The van der Waals surface area contributed by atoms with Gasteiger partial charge in [0.25, 0.3) is 5.91 Å². The molecule has 0 saturated heterocycles. The van der Waals surface area contributed by atoms with Gasteiger partial charge in [-0.25, -0.2) is 4.68 Å². The molecule has 4 aliphatic rings. The molecular weight excluding hydrogens is 338 g/mol. The molecule has 27 heavy (non-hydrogen) atoms. The molecule has 1 amide bonds. The molecule has 5 nitrogen and oxygen atoms in total. The van der Waals surface area contributed by atoms with Crippen molar-refractivity contribution in [1.29, 1.82) is 0 Å². The Morgan fingerprint density at radius 1 is 1.30 bits per heavy atom. The first-order valence-electron chi connectivity index (χ1n) is 10.8. The quantitative estimate of drug-likeness (QED) is 0.842. The van der Waals surface area contributed by atoms with Crippen LogP contribution in [0.25, 0.3) is 0 Å². The molecule has 4 saturated carbocycles. The third-order valence-corrected chi connectivity index (χ3v) is 7.98. The highest BCUT2D eigenvalue weighted by Gasteiger charge is 2.56. The summed E-state index contributed by atoms with van der Waals surface area (Å²) in [6, 6.07) is 0.265. The van der Waals surface area contributed by atoms with Crippen molar-refractivity contribution in [1.82, 2.24) is 15.1 Å². The molecule has 0 radical (unpaired) electrons. The van der Waals surface area contributed by atoms with E-state index in [-0.39, 0.29) is 11.9 Å². The number of aromatic nitrogens is 2. The molecular formula is C22H35N3O2. The van der Waals surface area contributed by atoms with Gasteiger partial charge in [0.15, 0.2) is 0 Å². The molecule has 4 atom stereocenters. The van der Waals surface area contributed by atoms with Crippen molar-refractivity contribution < 1.29 is 9.53 Å². The monoisotopic (exact) mass is 373 g/mol. The van der Waals surface area contributed by atoms with Crippen LogP contribution in [-0.4, -0.2) is 28.3 Å². The van der Waals surface area contributed by atoms with Crippen molar-refractivity contribution in [2.24, 2.45) is 36.1 Å². The molecule has 1 N–H and O–H groups in total. The van der Waals surface area contributed by atoms with Crippen LogP contribution in [0.5, 0.6) is 5.88 Å². The fraction of sp³-hybridized carbons (Fsp3) is 0.818. The fourth-order valence-electron chi connectivity index (χ4n) is 5.89. The van der Waals surface area contributed by atoms with Crippen LogP contribution in [0.15, 0.2) is 6.20 Å². The number of ether oxygens (including phenoxy) is 1. The van der Waals surface area contributed by atoms with Crippen molar-refractivity contribution in [3.63, 3.8) is 0 Å². The third-order valence-electron chi connectivity index (χ3n) is 7.98. The van der Waals surface area contributed by atoms with Crippen molar-refractivity contribution in [2.45, 2.75) is 71.8 Å². The molecule has 0 aromatic carbocycles. The Kier molecular flexibility index (Phi) is 4.98. The molecule has 4 fully saturated rings. The van der Waals surface area contributed by atoms with E-state index in [0.29, 0.717) is 35.3 Å². The molecule has 5 rings (SSSR count). The molecule has 150 valence electrons. The second-order valence-electron chi connectivity index (χ2n) is 9.84. The summed E-state index contributed by atoms with van der Waals surface area (Å²) in [5.41, 5.74) is 1.02. The van der Waals surface area contributed by atoms with Crippen LogP contribution in [0.2, 0.25) is 0 Å². The molecule has 1 aromatic heterocycles. The van der Waals surface area contributed by atoms with E-state index in [1.54, 1.807) is 10.9 Å². The number of carbonyl (C=O) groups excluding carboxylic acids is 1. The van der Waals surface area contributed by atoms with Gasteiger partial charge in [0, 0.05) is 13.1 Å². The smallest absolute Gasteiger partial charge is 0.258 e. The summed E-state index contributed by atoms with van der Waals surface area (Å²) in [6.45, 7) is 7.77. The van der Waals surface area contributed by atoms with Crippen LogP contribution < -0.4 is 10.1 Å². The highest BCUT2D eigenvalue weighted by Crippen LogP contribution is 2.61. The van der Waals surface area contributed by atoms with Crippen LogP contribution >= 0.6 is 0 Å². The lowest BCUT2D eigenvalue weighted by molar-refractivity contribution is -0.113. The summed E-state index contributed by atoms with van der Waals surface area (Å²) >= 11 is 0. The SMILES string of the molecule is C[C@H]1[C@@H](NC(=O)c2cnn(C)c2OCC2CCCCC2)C[C@H]2C[C@@H]1C2(C)C. The van der Waals surface area contributed by atoms with Crippen LogP contribution in [-0.2, 0) is 7.05 Å². The number of carbonyl (C=O) groups is 1. The third kappa shape index (κ3) is 3.38. The first-order chi connectivity index (χ1) is 12.9. The summed E-state index contributed by atoms with van der Waals surface area (Å²) in [6.07, 6.45) is 10.5. The topological polar surface area (TPSA) is 56.2 Å². The average Bonchev–Trinajstić information content (AvgIpc) is 3.02. The fourth-order valence-corrected chi connectivity index (χ4v) is 5.89. The molecule has 0 unspecified atom stereocenters. The highest BCUT2D eigenvalue weighted by molar-refractivity contribution is 5.96. The standard InChI is InChI=1S/C22H35N3O2/c1-14-18-10-16(22(18,2)3)11-19(14)24-20(26)17-12-23-25(4)21(17)27-13-15-8-6-5-7-9-15/h12,14-16,18-19H,5-11,13H2,1-4H3,(H,24,26)/t14-,16-,18+,19+/m1/s1. The maximum Gasteiger partial charge on any atom is 0.258 e. The number of aryl methyl sites for hydroxylation is 1. The van der Waals surface area contributed by atoms with E-state index in [0.717, 1.165) is 18.3 Å². The van der Waals surface area contributed by atoms with Gasteiger partial charge >= 0.3 is 0 Å². The Morgan fingerprint density at radius 2 is 2.04 bits per heavy atom. The zero-order valence-corrected chi connectivity index (χ0v) is 17.3. The first-order valence-corrected chi connectivity index (χ1v) is 10.8. The minimum absolute atomic E-state index is 0.0299. The van der Waals surface area contributed by atoms with Gasteiger partial charge in [0.2, 0.25) is 5.88 Å². The lowest BCUT2D eigenvalue weighted by atomic mass is 9.45. The van der Waals surface area contributed by atoms with Gasteiger partial charge in [-0.2, -0.15) is 5.10 Å². The van der Waals surface area contributed by atoms with Crippen molar-refractivity contribution >= 4 is 5.91 Å². The second-order valence-corrected chi connectivity index (χ2v) is 9.84. The van der Waals surface area contributed by atoms with Gasteiger partial charge in [-0.1, -0.05) is 40.0 Å². The van der Waals surface area contributed by atoms with E-state index < -0.39 is 0 Å². The molecule has 1 aromatic rings. The Bertz CT molecular complexity index is 690. The maximum absolute atomic E-state index is 13.0. The average molecular weight is 374 g/mol. The summed E-state index contributed by atoms with van der Waals surface area (Å²) in [4.78, 5) is 13.0. The Morgan fingerprint density at radius 3 is 2.70 bits per heavy atom. The van der Waals surface area contributed by atoms with Gasteiger partial charge in [0.05, 0.1) is 12.8 Å². The van der Waals surface area contributed by atoms with Crippen LogP contribution in [0.4, 0.5) is 0 Å². The minimum Gasteiger partial charge on any atom is -0.477 e. The zero-order valence-electron chi connectivity index (χ0n) is 17.3. The second kappa shape index (κ2) is 7.14. The van der Waals surface area contributed by atoms with Gasteiger partial charge in [-0.15, -0.1) is 0 Å². The van der Waals surface area contributed by atoms with Crippen molar-refractivity contribution in [3.8, 4) is 5.88 Å². The number of nitrogens with zero attached hydrogens (tertiary/aromatic N) is 2. The van der Waals surface area contributed by atoms with Crippen LogP contribution in [0.1, 0.15) is 76.1 Å². The van der Waals surface area contributed by atoms with E-state index in [1.165, 1.54) is 38.5 Å². The van der Waals surface area contributed by atoms with Crippen LogP contribution in [0, 0.1) is 29.1 Å². The molecule has 4 aliphatic carbocycles. The van der Waals surface area contributed by atoms with Crippen LogP contribution in [0.3, 0.4) is 0 Å². The molecule has 2 bridgehead atoms. The molecule has 5 heteroatoms. The number of rotatable bonds is 5. The summed E-state index contributed by atoms with van der Waals surface area (Å²) in [5, 5.41) is 7.59. The largest absolute Gasteiger partial charge is 0.477 e. The maximum atomic E-state index is 13.0. The number of hydrogen-bond donors (Lipinski definition) is 1. The van der Waals surface area contributed by atoms with E-state index in [1.807, 2.05) is 7.05 Å². The Labute approximate surface area is 163 Å². The van der Waals surface area contributed by atoms with Gasteiger partial charge < -0.3 is 10.1 Å². The van der Waals surface area contributed by atoms with E-state index in [9.17, 15) is 4.79 Å². The first kappa shape index (κ1) is 18.8. The van der Waals surface area contributed by atoms with Gasteiger partial charge in [-0.05, 0) is 54.8 Å². The summed E-state index contributed by atoms with van der Waals surface area (Å²) in [7, 11) is 1.86. The lowest BCUT2D eigenvalue weighted by Gasteiger charge is -2.62. The predicted molar refractivity (Wildman–Crippen MR) is 106 cm³/mol. The van der Waals surface area contributed by atoms with Crippen molar-refractivity contribution in [3.05, 3.63) is 11.8 Å². The van der Waals surface area contributed by atoms with Gasteiger partial charge in [-0.3, -0.25) is 4.79 Å². The highest BCUT2D eigenvalue weighted by atomic mass is 16.5.